The van der Waals surface area contributed by atoms with E-state index in [0.29, 0.717) is 5.92 Å². The van der Waals surface area contributed by atoms with Crippen molar-refractivity contribution in [2.45, 2.75) is 50.6 Å². The summed E-state index contributed by atoms with van der Waals surface area (Å²) in [4.78, 5) is 21.9. The van der Waals surface area contributed by atoms with Crippen LogP contribution in [-0.4, -0.2) is 59.1 Å². The molecule has 7 heteroatoms. The van der Waals surface area contributed by atoms with Crippen LogP contribution in [-0.2, 0) is 4.79 Å². The highest BCUT2D eigenvalue weighted by Crippen LogP contribution is 2.44. The quantitative estimate of drug-likeness (QED) is 0.584. The average molecular weight is 478 g/mol. The lowest BCUT2D eigenvalue weighted by molar-refractivity contribution is -0.133. The minimum Gasteiger partial charge on any atom is -0.368 e. The summed E-state index contributed by atoms with van der Waals surface area (Å²) in [7, 11) is 0. The molecule has 2 saturated heterocycles. The van der Waals surface area contributed by atoms with Crippen LogP contribution in [0.1, 0.15) is 55.7 Å². The van der Waals surface area contributed by atoms with Crippen molar-refractivity contribution in [1.82, 2.24) is 19.8 Å². The minimum atomic E-state index is 0.0205. The van der Waals surface area contributed by atoms with Gasteiger partial charge in [0.1, 0.15) is 0 Å². The molecule has 1 N–H and O–H groups in total. The molecule has 1 amide bonds. The molecule has 3 heterocycles. The summed E-state index contributed by atoms with van der Waals surface area (Å²) in [6.07, 6.45) is 6.53. The van der Waals surface area contributed by atoms with Crippen LogP contribution in [0.2, 0.25) is 5.02 Å². The van der Waals surface area contributed by atoms with Gasteiger partial charge >= 0.3 is 0 Å². The van der Waals surface area contributed by atoms with Crippen LogP contribution in [0.3, 0.4) is 0 Å². The molecule has 0 spiro atoms. The van der Waals surface area contributed by atoms with Crippen molar-refractivity contribution in [2.75, 3.05) is 37.6 Å². The average Bonchev–Trinajstić information content (AvgIpc) is 3.39. The van der Waals surface area contributed by atoms with Gasteiger partial charge in [-0.3, -0.25) is 4.79 Å². The Hall–Kier alpha value is -2.57. The molecule has 1 aliphatic carbocycles. The van der Waals surface area contributed by atoms with Crippen LogP contribution in [0.5, 0.6) is 0 Å². The zero-order valence-electron chi connectivity index (χ0n) is 19.7. The summed E-state index contributed by atoms with van der Waals surface area (Å²) < 4.78 is 2.29. The predicted octanol–water partition coefficient (Wildman–Crippen LogP) is 4.58. The number of nitrogens with one attached hydrogen (secondary N) is 1. The molecule has 2 atom stereocenters. The second-order valence-corrected chi connectivity index (χ2v) is 10.4. The monoisotopic (exact) mass is 477 g/mol. The molecule has 2 aliphatic heterocycles. The van der Waals surface area contributed by atoms with E-state index >= 15 is 0 Å². The Morgan fingerprint density at radius 2 is 1.91 bits per heavy atom. The first kappa shape index (κ1) is 21.9. The first-order valence-electron chi connectivity index (χ1n) is 12.6. The Bertz CT molecular complexity index is 1200. The number of carbonyl (C=O) groups is 1. The van der Waals surface area contributed by atoms with Gasteiger partial charge in [-0.25, -0.2) is 4.98 Å². The Morgan fingerprint density at radius 3 is 2.65 bits per heavy atom. The highest BCUT2D eigenvalue weighted by Gasteiger charge is 2.30. The van der Waals surface area contributed by atoms with E-state index in [1.54, 1.807) is 0 Å². The van der Waals surface area contributed by atoms with Gasteiger partial charge in [0.05, 0.1) is 29.4 Å². The predicted molar refractivity (Wildman–Crippen MR) is 137 cm³/mol. The van der Waals surface area contributed by atoms with Gasteiger partial charge in [-0.15, -0.1) is 0 Å². The molecule has 3 aromatic rings. The van der Waals surface area contributed by atoms with Gasteiger partial charge in [-0.05, 0) is 86.5 Å². The molecule has 6 rings (SSSR count). The third-order valence-corrected chi connectivity index (χ3v) is 8.04. The number of aromatic nitrogens is 2. The molecule has 1 unspecified atom stereocenters. The van der Waals surface area contributed by atoms with E-state index in [4.69, 9.17) is 16.6 Å². The molecule has 178 valence electrons. The lowest BCUT2D eigenvalue weighted by atomic mass is 9.97. The van der Waals surface area contributed by atoms with Gasteiger partial charge in [0.25, 0.3) is 0 Å². The maximum absolute atomic E-state index is 12.8. The van der Waals surface area contributed by atoms with Crippen molar-refractivity contribution >= 4 is 34.2 Å². The Kier molecular flexibility index (Phi) is 5.74. The van der Waals surface area contributed by atoms with Crippen LogP contribution < -0.4 is 10.2 Å². The maximum atomic E-state index is 12.8. The molecule has 1 aromatic heterocycles. The number of imidazole rings is 1. The lowest BCUT2D eigenvalue weighted by Gasteiger charge is -2.37. The van der Waals surface area contributed by atoms with Gasteiger partial charge in [-0.1, -0.05) is 17.7 Å². The van der Waals surface area contributed by atoms with E-state index in [2.05, 4.69) is 52.0 Å². The highest BCUT2D eigenvalue weighted by atomic mass is 35.5. The SMILES string of the molecule is C[C@H](c1ccc(Cl)cc1C1CC1)n1cnc2ccc(N3CCN(C(=O)C4CCCN4)CC3)cc21. The molecule has 2 aromatic carbocycles. The number of hydrogen-bond acceptors (Lipinski definition) is 4. The summed E-state index contributed by atoms with van der Waals surface area (Å²) in [6.45, 7) is 6.48. The third-order valence-electron chi connectivity index (χ3n) is 7.81. The van der Waals surface area contributed by atoms with E-state index < -0.39 is 0 Å². The van der Waals surface area contributed by atoms with E-state index in [0.717, 1.165) is 61.6 Å². The van der Waals surface area contributed by atoms with Gasteiger partial charge in [0, 0.05) is 36.9 Å². The van der Waals surface area contributed by atoms with Crippen molar-refractivity contribution < 1.29 is 4.79 Å². The number of halogens is 1. The summed E-state index contributed by atoms with van der Waals surface area (Å²) >= 11 is 6.33. The van der Waals surface area contributed by atoms with E-state index in [1.165, 1.54) is 29.7 Å². The summed E-state index contributed by atoms with van der Waals surface area (Å²) in [5.41, 5.74) is 6.08. The number of anilines is 1. The van der Waals surface area contributed by atoms with Crippen molar-refractivity contribution in [3.8, 4) is 0 Å². The number of hydrogen-bond donors (Lipinski definition) is 1. The molecule has 34 heavy (non-hydrogen) atoms. The normalized spacial score (nSPS) is 21.9. The van der Waals surface area contributed by atoms with Crippen LogP contribution >= 0.6 is 11.6 Å². The number of amides is 1. The van der Waals surface area contributed by atoms with Gasteiger partial charge in [0.2, 0.25) is 5.91 Å². The zero-order chi connectivity index (χ0) is 23.2. The first-order valence-corrected chi connectivity index (χ1v) is 13.0. The molecule has 0 radical (unpaired) electrons. The Labute approximate surface area is 205 Å². The largest absolute Gasteiger partial charge is 0.368 e. The van der Waals surface area contributed by atoms with E-state index in [-0.39, 0.29) is 18.0 Å². The molecule has 1 saturated carbocycles. The van der Waals surface area contributed by atoms with Gasteiger partial charge < -0.3 is 19.7 Å². The summed E-state index contributed by atoms with van der Waals surface area (Å²) in [5, 5.41) is 4.16. The summed E-state index contributed by atoms with van der Waals surface area (Å²) in [5.74, 6) is 0.911. The van der Waals surface area contributed by atoms with Crippen LogP contribution in [0, 0.1) is 0 Å². The van der Waals surface area contributed by atoms with Gasteiger partial charge in [-0.2, -0.15) is 0 Å². The van der Waals surface area contributed by atoms with Crippen molar-refractivity contribution in [3.63, 3.8) is 0 Å². The van der Waals surface area contributed by atoms with Crippen molar-refractivity contribution in [1.29, 1.82) is 0 Å². The third kappa shape index (κ3) is 4.07. The van der Waals surface area contributed by atoms with Crippen LogP contribution in [0.15, 0.2) is 42.7 Å². The molecule has 3 aliphatic rings. The second kappa shape index (κ2) is 8.90. The van der Waals surface area contributed by atoms with Gasteiger partial charge in [0.15, 0.2) is 0 Å². The van der Waals surface area contributed by atoms with E-state index in [9.17, 15) is 4.79 Å². The fourth-order valence-corrected chi connectivity index (χ4v) is 5.82. The number of piperazine rings is 1. The lowest BCUT2D eigenvalue weighted by Crippen LogP contribution is -2.53. The fraction of sp³-hybridized carbons (Fsp3) is 0.481. The minimum absolute atomic E-state index is 0.0205. The Balaban J connectivity index is 1.22. The fourth-order valence-electron chi connectivity index (χ4n) is 5.64. The number of benzene rings is 2. The second-order valence-electron chi connectivity index (χ2n) is 10.0. The number of fused-ring (bicyclic) bond motifs is 1. The topological polar surface area (TPSA) is 53.4 Å². The number of nitrogens with zero attached hydrogens (tertiary/aromatic N) is 4. The molecule has 0 bridgehead atoms. The molecular formula is C27H32ClN5O. The van der Waals surface area contributed by atoms with Crippen LogP contribution in [0.4, 0.5) is 5.69 Å². The molecular weight excluding hydrogens is 446 g/mol. The van der Waals surface area contributed by atoms with Crippen LogP contribution in [0.25, 0.3) is 11.0 Å². The van der Waals surface area contributed by atoms with E-state index in [1.807, 2.05) is 17.3 Å². The number of carbonyl (C=O) groups excluding carboxylic acids is 1. The Morgan fingerprint density at radius 1 is 1.09 bits per heavy atom. The van der Waals surface area contributed by atoms with Crippen molar-refractivity contribution in [3.05, 3.63) is 58.9 Å². The zero-order valence-corrected chi connectivity index (χ0v) is 20.5. The highest BCUT2D eigenvalue weighted by molar-refractivity contribution is 6.30. The smallest absolute Gasteiger partial charge is 0.239 e. The summed E-state index contributed by atoms with van der Waals surface area (Å²) in [6, 6.07) is 13.1. The maximum Gasteiger partial charge on any atom is 0.239 e. The molecule has 3 fully saturated rings. The first-order chi connectivity index (χ1) is 16.6. The molecule has 6 nitrogen and oxygen atoms in total. The standard InChI is InChI=1S/C27H32ClN5O/c1-18(22-8-6-20(28)15-23(22)19-4-5-19)33-17-30-24-9-7-21(16-26(24)33)31-11-13-32(14-12-31)27(34)25-3-2-10-29-25/h6-9,15-19,25,29H,2-5,10-14H2,1H3/t18-,25?/m1/s1. The number of rotatable bonds is 5. The van der Waals surface area contributed by atoms with Crippen molar-refractivity contribution in [2.24, 2.45) is 0 Å².